The Balaban J connectivity index is 4.09. The van der Waals surface area contributed by atoms with Crippen LogP contribution < -0.4 is 5.32 Å². The number of allylic oxidation sites excluding steroid dienone is 1. The maximum atomic E-state index is 11.2. The number of nitrogens with one attached hydrogen (secondary N) is 1. The van der Waals surface area contributed by atoms with E-state index in [2.05, 4.69) is 11.9 Å². The summed E-state index contributed by atoms with van der Waals surface area (Å²) in [6.45, 7) is 3.49. The molecule has 15 heavy (non-hydrogen) atoms. The summed E-state index contributed by atoms with van der Waals surface area (Å²) in [5.74, 6) is -1.25. The predicted octanol–water partition coefficient (Wildman–Crippen LogP) is 0.810. The maximum Gasteiger partial charge on any atom is 0.326 e. The summed E-state index contributed by atoms with van der Waals surface area (Å²) in [6, 6.07) is -0.810. The number of rotatable bonds is 7. The molecule has 2 N–H and O–H groups in total. The molecule has 0 aliphatic carbocycles. The zero-order valence-electron chi connectivity index (χ0n) is 8.77. The van der Waals surface area contributed by atoms with Gasteiger partial charge >= 0.3 is 5.97 Å². The van der Waals surface area contributed by atoms with Gasteiger partial charge in [0.1, 0.15) is 6.04 Å². The molecule has 0 aromatic carbocycles. The predicted molar refractivity (Wildman–Crippen MR) is 64.6 cm³/mol. The van der Waals surface area contributed by atoms with E-state index in [0.29, 0.717) is 12.8 Å². The SMILES string of the molecule is C=CCCC(=O)NC(CC=[SH]C)C(=O)O. The van der Waals surface area contributed by atoms with Crippen molar-refractivity contribution < 1.29 is 14.7 Å². The lowest BCUT2D eigenvalue weighted by Gasteiger charge is -2.11. The molecule has 0 heterocycles. The van der Waals surface area contributed by atoms with Crippen molar-refractivity contribution in [2.24, 2.45) is 0 Å². The molecule has 0 rings (SSSR count). The van der Waals surface area contributed by atoms with Crippen molar-refractivity contribution >= 4 is 28.6 Å². The topological polar surface area (TPSA) is 66.4 Å². The van der Waals surface area contributed by atoms with Crippen molar-refractivity contribution in [3.8, 4) is 0 Å². The average molecular weight is 231 g/mol. The Hall–Kier alpha value is -1.10. The van der Waals surface area contributed by atoms with E-state index in [1.807, 2.05) is 11.6 Å². The van der Waals surface area contributed by atoms with E-state index in [9.17, 15) is 9.59 Å². The van der Waals surface area contributed by atoms with Crippen LogP contribution >= 0.6 is 11.4 Å². The summed E-state index contributed by atoms with van der Waals surface area (Å²) < 4.78 is 0. The van der Waals surface area contributed by atoms with Gasteiger partial charge in [-0.05, 0) is 12.7 Å². The van der Waals surface area contributed by atoms with Gasteiger partial charge in [0.25, 0.3) is 0 Å². The minimum atomic E-state index is -0.998. The van der Waals surface area contributed by atoms with Crippen LogP contribution in [0.25, 0.3) is 0 Å². The van der Waals surface area contributed by atoms with Crippen LogP contribution in [-0.2, 0) is 9.59 Å². The van der Waals surface area contributed by atoms with Gasteiger partial charge in [-0.2, -0.15) is 0 Å². The highest BCUT2D eigenvalue weighted by molar-refractivity contribution is 7.96. The molecule has 0 radical (unpaired) electrons. The zero-order chi connectivity index (χ0) is 11.7. The fourth-order valence-electron chi connectivity index (χ4n) is 0.932. The monoisotopic (exact) mass is 231 g/mol. The number of carbonyl (C=O) groups excluding carboxylic acids is 1. The molecule has 1 amide bonds. The van der Waals surface area contributed by atoms with Gasteiger partial charge < -0.3 is 10.4 Å². The van der Waals surface area contributed by atoms with Gasteiger partial charge in [0.2, 0.25) is 5.91 Å². The van der Waals surface area contributed by atoms with Gasteiger partial charge in [-0.25, -0.2) is 16.1 Å². The highest BCUT2D eigenvalue weighted by Crippen LogP contribution is 1.95. The lowest BCUT2D eigenvalue weighted by molar-refractivity contribution is -0.141. The maximum absolute atomic E-state index is 11.2. The second kappa shape index (κ2) is 8.23. The third kappa shape index (κ3) is 6.90. The Bertz CT molecular complexity index is 263. The van der Waals surface area contributed by atoms with Crippen LogP contribution in [0.15, 0.2) is 12.7 Å². The van der Waals surface area contributed by atoms with E-state index in [1.54, 1.807) is 6.08 Å². The second-order valence-corrected chi connectivity index (χ2v) is 3.84. The number of amides is 1. The summed E-state index contributed by atoms with van der Waals surface area (Å²) in [6.07, 6.45) is 4.74. The van der Waals surface area contributed by atoms with Crippen molar-refractivity contribution in [2.75, 3.05) is 6.26 Å². The molecule has 0 aliphatic rings. The van der Waals surface area contributed by atoms with Crippen LogP contribution in [0.4, 0.5) is 0 Å². The largest absolute Gasteiger partial charge is 0.480 e. The van der Waals surface area contributed by atoms with Gasteiger partial charge in [0.15, 0.2) is 0 Å². The van der Waals surface area contributed by atoms with Crippen LogP contribution in [0.1, 0.15) is 19.3 Å². The standard InChI is InChI=1S/C10H17NO3S/c1-3-4-5-9(12)11-8(10(13)14)6-7-15-2/h3,7-8,15H,1,4-6H2,2H3,(H,11,12)(H,13,14). The fourth-order valence-corrected chi connectivity index (χ4v) is 1.35. The number of carbonyl (C=O) groups is 2. The molecule has 86 valence electrons. The third-order valence-corrected chi connectivity index (χ3v) is 2.31. The van der Waals surface area contributed by atoms with Crippen LogP contribution in [0.2, 0.25) is 0 Å². The number of carboxylic acid groups (broad SMARTS) is 1. The zero-order valence-corrected chi connectivity index (χ0v) is 9.67. The van der Waals surface area contributed by atoms with Crippen molar-refractivity contribution in [1.82, 2.24) is 5.32 Å². The van der Waals surface area contributed by atoms with Gasteiger partial charge in [-0.3, -0.25) is 4.79 Å². The van der Waals surface area contributed by atoms with E-state index in [1.165, 1.54) is 0 Å². The Morgan fingerprint density at radius 1 is 1.60 bits per heavy atom. The Kier molecular flexibility index (Phi) is 7.62. The number of carboxylic acids is 1. The minimum Gasteiger partial charge on any atom is -0.480 e. The molecule has 0 fully saturated rings. The Morgan fingerprint density at radius 2 is 2.27 bits per heavy atom. The molecule has 0 spiro atoms. The van der Waals surface area contributed by atoms with Crippen molar-refractivity contribution in [3.63, 3.8) is 0 Å². The first-order valence-electron chi connectivity index (χ1n) is 4.65. The summed E-state index contributed by atoms with van der Waals surface area (Å²) in [4.78, 5) is 22.0. The van der Waals surface area contributed by atoms with E-state index in [0.717, 1.165) is 11.4 Å². The lowest BCUT2D eigenvalue weighted by Crippen LogP contribution is -2.40. The lowest BCUT2D eigenvalue weighted by atomic mass is 10.2. The third-order valence-electron chi connectivity index (χ3n) is 1.73. The van der Waals surface area contributed by atoms with Crippen LogP contribution in [0.3, 0.4) is 0 Å². The van der Waals surface area contributed by atoms with Crippen molar-refractivity contribution in [2.45, 2.75) is 25.3 Å². The van der Waals surface area contributed by atoms with Crippen LogP contribution in [-0.4, -0.2) is 34.6 Å². The normalized spacial score (nSPS) is 12.9. The number of hydrogen-bond acceptors (Lipinski definition) is 2. The highest BCUT2D eigenvalue weighted by atomic mass is 32.1. The molecule has 1 unspecified atom stereocenters. The first-order valence-corrected chi connectivity index (χ1v) is 6.06. The van der Waals surface area contributed by atoms with Gasteiger partial charge in [-0.1, -0.05) is 11.4 Å². The average Bonchev–Trinajstić information content (AvgIpc) is 2.20. The molecule has 0 bridgehead atoms. The van der Waals surface area contributed by atoms with E-state index in [4.69, 9.17) is 5.11 Å². The molecular weight excluding hydrogens is 214 g/mol. The number of hydrogen-bond donors (Lipinski definition) is 3. The summed E-state index contributed by atoms with van der Waals surface area (Å²) in [7, 11) is 0. The van der Waals surface area contributed by atoms with E-state index >= 15 is 0 Å². The molecule has 0 saturated heterocycles. The van der Waals surface area contributed by atoms with Crippen molar-refractivity contribution in [3.05, 3.63) is 12.7 Å². The number of thiol groups is 1. The van der Waals surface area contributed by atoms with Crippen LogP contribution in [0.5, 0.6) is 0 Å². The quantitative estimate of drug-likeness (QED) is 0.345. The summed E-state index contributed by atoms with van der Waals surface area (Å²) >= 11 is 1.01. The van der Waals surface area contributed by atoms with Gasteiger partial charge in [0, 0.05) is 12.8 Å². The Labute approximate surface area is 93.3 Å². The second-order valence-electron chi connectivity index (χ2n) is 2.96. The van der Waals surface area contributed by atoms with Crippen LogP contribution in [0, 0.1) is 0 Å². The first-order chi connectivity index (χ1) is 7.11. The van der Waals surface area contributed by atoms with Crippen molar-refractivity contribution in [1.29, 1.82) is 0 Å². The first kappa shape index (κ1) is 13.9. The van der Waals surface area contributed by atoms with E-state index < -0.39 is 12.0 Å². The molecule has 0 aliphatic heterocycles. The Morgan fingerprint density at radius 3 is 2.73 bits per heavy atom. The highest BCUT2D eigenvalue weighted by Gasteiger charge is 2.17. The molecule has 0 aromatic heterocycles. The molecule has 4 nitrogen and oxygen atoms in total. The smallest absolute Gasteiger partial charge is 0.326 e. The number of aliphatic carboxylic acids is 1. The molecule has 5 heteroatoms. The molecule has 0 saturated carbocycles. The fraction of sp³-hybridized carbons (Fsp3) is 0.500. The van der Waals surface area contributed by atoms with Gasteiger partial charge in [0.05, 0.1) is 0 Å². The molecule has 0 aromatic rings. The minimum absolute atomic E-state index is 0.247. The summed E-state index contributed by atoms with van der Waals surface area (Å²) in [5.41, 5.74) is 0. The molecule has 1 atom stereocenters. The summed E-state index contributed by atoms with van der Waals surface area (Å²) in [5, 5.41) is 13.1. The van der Waals surface area contributed by atoms with E-state index in [-0.39, 0.29) is 12.3 Å². The van der Waals surface area contributed by atoms with Gasteiger partial charge in [-0.15, -0.1) is 6.58 Å². The molecular formula is C10H17NO3S.